The number of hydrogen-bond donors (Lipinski definition) is 1. The molecule has 4 nitrogen and oxygen atoms in total. The van der Waals surface area contributed by atoms with E-state index in [1.165, 1.54) is 7.11 Å². The molecule has 0 fully saturated rings. The molecule has 0 bridgehead atoms. The van der Waals surface area contributed by atoms with Crippen molar-refractivity contribution in [2.24, 2.45) is 0 Å². The fraction of sp³-hybridized carbons (Fsp3) is 0.143. The Hall–Kier alpha value is -3.14. The average Bonchev–Trinajstić information content (AvgIpc) is 2.67. The smallest absolute Gasteiger partial charge is 0.328 e. The number of amides is 1. The summed E-state index contributed by atoms with van der Waals surface area (Å²) in [6.45, 7) is 0. The van der Waals surface area contributed by atoms with Gasteiger partial charge in [0.2, 0.25) is 0 Å². The Morgan fingerprint density at radius 1 is 0.920 bits per heavy atom. The van der Waals surface area contributed by atoms with E-state index in [4.69, 9.17) is 4.74 Å². The second-order valence-electron chi connectivity index (χ2n) is 5.80. The Bertz CT molecular complexity index is 890. The van der Waals surface area contributed by atoms with Crippen molar-refractivity contribution in [2.75, 3.05) is 7.11 Å². The first-order valence-corrected chi connectivity index (χ1v) is 8.09. The van der Waals surface area contributed by atoms with Crippen LogP contribution in [0.4, 0.5) is 0 Å². The SMILES string of the molecule is COC(=O)[C@@H](Cc1ccccc1)NC(=O)c1ccc2ccccc2c1. The fourth-order valence-electron chi connectivity index (χ4n) is 2.76. The molecule has 126 valence electrons. The van der Waals surface area contributed by atoms with E-state index >= 15 is 0 Å². The maximum absolute atomic E-state index is 12.6. The van der Waals surface area contributed by atoms with E-state index in [1.807, 2.05) is 66.7 Å². The molecule has 0 aromatic heterocycles. The Morgan fingerprint density at radius 3 is 2.32 bits per heavy atom. The summed E-state index contributed by atoms with van der Waals surface area (Å²) >= 11 is 0. The second-order valence-corrected chi connectivity index (χ2v) is 5.80. The molecule has 3 rings (SSSR count). The van der Waals surface area contributed by atoms with Gasteiger partial charge >= 0.3 is 5.97 Å². The van der Waals surface area contributed by atoms with Gasteiger partial charge in [-0.15, -0.1) is 0 Å². The molecule has 0 aliphatic carbocycles. The number of carbonyl (C=O) groups is 2. The van der Waals surface area contributed by atoms with Gasteiger partial charge in [0.25, 0.3) is 5.91 Å². The van der Waals surface area contributed by atoms with Crippen molar-refractivity contribution < 1.29 is 14.3 Å². The van der Waals surface area contributed by atoms with Gasteiger partial charge in [0, 0.05) is 12.0 Å². The van der Waals surface area contributed by atoms with E-state index in [2.05, 4.69) is 5.32 Å². The Labute approximate surface area is 146 Å². The van der Waals surface area contributed by atoms with Gasteiger partial charge < -0.3 is 10.1 Å². The summed E-state index contributed by atoms with van der Waals surface area (Å²) in [7, 11) is 1.32. The Kier molecular flexibility index (Phi) is 5.09. The van der Waals surface area contributed by atoms with Crippen LogP contribution in [0.1, 0.15) is 15.9 Å². The number of nitrogens with one attached hydrogen (secondary N) is 1. The molecule has 0 saturated heterocycles. The summed E-state index contributed by atoms with van der Waals surface area (Å²) < 4.78 is 4.84. The summed E-state index contributed by atoms with van der Waals surface area (Å²) in [4.78, 5) is 24.6. The highest BCUT2D eigenvalue weighted by molar-refractivity contribution is 6.00. The molecule has 0 aliphatic rings. The summed E-state index contributed by atoms with van der Waals surface area (Å²) in [6, 6.07) is 22.1. The van der Waals surface area contributed by atoms with Gasteiger partial charge in [-0.25, -0.2) is 4.79 Å². The summed E-state index contributed by atoms with van der Waals surface area (Å²) in [5.41, 5.74) is 1.47. The molecule has 0 unspecified atom stereocenters. The van der Waals surface area contributed by atoms with E-state index in [0.717, 1.165) is 16.3 Å². The molecule has 0 spiro atoms. The lowest BCUT2D eigenvalue weighted by molar-refractivity contribution is -0.142. The van der Waals surface area contributed by atoms with Crippen molar-refractivity contribution in [1.82, 2.24) is 5.32 Å². The molecule has 0 heterocycles. The molecular weight excluding hydrogens is 314 g/mol. The molecule has 1 amide bonds. The number of fused-ring (bicyclic) bond motifs is 1. The van der Waals surface area contributed by atoms with E-state index < -0.39 is 12.0 Å². The number of ether oxygens (including phenoxy) is 1. The predicted octanol–water partition coefficient (Wildman–Crippen LogP) is 3.35. The number of benzene rings is 3. The zero-order valence-electron chi connectivity index (χ0n) is 13.9. The van der Waals surface area contributed by atoms with E-state index in [9.17, 15) is 9.59 Å². The van der Waals surface area contributed by atoms with Crippen molar-refractivity contribution in [3.05, 3.63) is 83.9 Å². The third-order valence-corrected chi connectivity index (χ3v) is 4.09. The highest BCUT2D eigenvalue weighted by Gasteiger charge is 2.22. The standard InChI is InChI=1S/C21H19NO3/c1-25-21(24)19(13-15-7-3-2-4-8-15)22-20(23)18-12-11-16-9-5-6-10-17(16)14-18/h2-12,14,19H,13H2,1H3,(H,22,23)/t19-/m1/s1. The van der Waals surface area contributed by atoms with Crippen LogP contribution >= 0.6 is 0 Å². The van der Waals surface area contributed by atoms with Crippen molar-refractivity contribution in [2.45, 2.75) is 12.5 Å². The lowest BCUT2D eigenvalue weighted by Gasteiger charge is -2.17. The van der Waals surface area contributed by atoms with Crippen LogP contribution in [0, 0.1) is 0 Å². The van der Waals surface area contributed by atoms with E-state index in [-0.39, 0.29) is 5.91 Å². The minimum absolute atomic E-state index is 0.294. The molecular formula is C21H19NO3. The quantitative estimate of drug-likeness (QED) is 0.729. The molecule has 3 aromatic carbocycles. The van der Waals surface area contributed by atoms with Crippen LogP contribution in [0.5, 0.6) is 0 Å². The lowest BCUT2D eigenvalue weighted by Crippen LogP contribution is -2.43. The number of hydrogen-bond acceptors (Lipinski definition) is 3. The van der Waals surface area contributed by atoms with Crippen LogP contribution in [0.15, 0.2) is 72.8 Å². The van der Waals surface area contributed by atoms with Gasteiger partial charge in [0.05, 0.1) is 7.11 Å². The third-order valence-electron chi connectivity index (χ3n) is 4.09. The summed E-state index contributed by atoms with van der Waals surface area (Å²) in [5, 5.41) is 4.83. The summed E-state index contributed by atoms with van der Waals surface area (Å²) in [6.07, 6.45) is 0.382. The number of esters is 1. The first kappa shape index (κ1) is 16.7. The van der Waals surface area contributed by atoms with E-state index in [1.54, 1.807) is 6.07 Å². The minimum Gasteiger partial charge on any atom is -0.467 e. The molecule has 3 aromatic rings. The number of methoxy groups -OCH3 is 1. The van der Waals surface area contributed by atoms with Gasteiger partial charge in [0.15, 0.2) is 0 Å². The van der Waals surface area contributed by atoms with Gasteiger partial charge in [0.1, 0.15) is 6.04 Å². The van der Waals surface area contributed by atoms with Crippen molar-refractivity contribution in [3.63, 3.8) is 0 Å². The van der Waals surface area contributed by atoms with Gasteiger partial charge in [-0.3, -0.25) is 4.79 Å². The number of rotatable bonds is 5. The fourth-order valence-corrected chi connectivity index (χ4v) is 2.76. The molecule has 25 heavy (non-hydrogen) atoms. The van der Waals surface area contributed by atoms with Crippen molar-refractivity contribution in [1.29, 1.82) is 0 Å². The molecule has 1 atom stereocenters. The van der Waals surface area contributed by atoms with Gasteiger partial charge in [-0.1, -0.05) is 60.7 Å². The Balaban J connectivity index is 1.79. The zero-order chi connectivity index (χ0) is 17.6. The van der Waals surface area contributed by atoms with Crippen LogP contribution in [0.2, 0.25) is 0 Å². The first-order valence-electron chi connectivity index (χ1n) is 8.09. The monoisotopic (exact) mass is 333 g/mol. The van der Waals surface area contributed by atoms with Crippen molar-refractivity contribution >= 4 is 22.6 Å². The van der Waals surface area contributed by atoms with Gasteiger partial charge in [-0.05, 0) is 28.5 Å². The van der Waals surface area contributed by atoms with Crippen LogP contribution in [0.25, 0.3) is 10.8 Å². The van der Waals surface area contributed by atoms with Gasteiger partial charge in [-0.2, -0.15) is 0 Å². The van der Waals surface area contributed by atoms with Crippen LogP contribution in [0.3, 0.4) is 0 Å². The highest BCUT2D eigenvalue weighted by Crippen LogP contribution is 2.16. The largest absolute Gasteiger partial charge is 0.467 e. The summed E-state index contributed by atoms with van der Waals surface area (Å²) in [5.74, 6) is -0.755. The average molecular weight is 333 g/mol. The maximum atomic E-state index is 12.6. The van der Waals surface area contributed by atoms with E-state index in [0.29, 0.717) is 12.0 Å². The maximum Gasteiger partial charge on any atom is 0.328 e. The van der Waals surface area contributed by atoms with Crippen LogP contribution in [-0.4, -0.2) is 25.0 Å². The minimum atomic E-state index is -0.730. The normalized spacial score (nSPS) is 11.7. The zero-order valence-corrected chi connectivity index (χ0v) is 13.9. The lowest BCUT2D eigenvalue weighted by atomic mass is 10.0. The second kappa shape index (κ2) is 7.62. The number of carbonyl (C=O) groups excluding carboxylic acids is 2. The molecule has 4 heteroatoms. The third kappa shape index (κ3) is 4.04. The molecule has 0 radical (unpaired) electrons. The highest BCUT2D eigenvalue weighted by atomic mass is 16.5. The molecule has 0 aliphatic heterocycles. The molecule has 1 N–H and O–H groups in total. The van der Waals surface area contributed by atoms with Crippen LogP contribution < -0.4 is 5.32 Å². The van der Waals surface area contributed by atoms with Crippen LogP contribution in [-0.2, 0) is 16.0 Å². The molecule has 0 saturated carbocycles. The Morgan fingerprint density at radius 2 is 1.60 bits per heavy atom. The topological polar surface area (TPSA) is 55.4 Å². The predicted molar refractivity (Wildman–Crippen MR) is 97.4 cm³/mol. The van der Waals surface area contributed by atoms with Crippen molar-refractivity contribution in [3.8, 4) is 0 Å². The first-order chi connectivity index (χ1) is 12.2.